The Morgan fingerprint density at radius 2 is 2.46 bits per heavy atom. The van der Waals surface area contributed by atoms with Crippen LogP contribution in [0.4, 0.5) is 0 Å². The van der Waals surface area contributed by atoms with Crippen LogP contribution in [0.5, 0.6) is 0 Å². The first-order chi connectivity index (χ1) is 6.29. The van der Waals surface area contributed by atoms with Crippen molar-refractivity contribution < 1.29 is 5.11 Å². The molecule has 1 aromatic rings. The van der Waals surface area contributed by atoms with E-state index in [1.807, 2.05) is 25.3 Å². The molecule has 4 heteroatoms. The molecule has 0 saturated carbocycles. The fourth-order valence-corrected chi connectivity index (χ4v) is 1.35. The molecule has 0 amide bonds. The van der Waals surface area contributed by atoms with Gasteiger partial charge < -0.3 is 5.11 Å². The van der Waals surface area contributed by atoms with Gasteiger partial charge in [0.15, 0.2) is 0 Å². The third-order valence-electron chi connectivity index (χ3n) is 1.96. The van der Waals surface area contributed by atoms with Crippen molar-refractivity contribution in [2.75, 3.05) is 6.61 Å². The maximum absolute atomic E-state index is 8.99. The number of fused-ring (bicyclic) bond motifs is 1. The van der Waals surface area contributed by atoms with Crippen molar-refractivity contribution >= 4 is 6.20 Å². The summed E-state index contributed by atoms with van der Waals surface area (Å²) in [4.78, 5) is 4.26. The Morgan fingerprint density at radius 1 is 1.62 bits per heavy atom. The highest BCUT2D eigenvalue weighted by molar-refractivity contribution is 5.34. The molecule has 0 saturated heterocycles. The SMILES string of the molecule is Cc1nc2n(n1)C=CC=C(CO)C2. The molecule has 0 aliphatic carbocycles. The zero-order valence-corrected chi connectivity index (χ0v) is 7.44. The molecule has 0 atom stereocenters. The van der Waals surface area contributed by atoms with Gasteiger partial charge in [0.2, 0.25) is 0 Å². The van der Waals surface area contributed by atoms with Crippen LogP contribution in [0.2, 0.25) is 0 Å². The van der Waals surface area contributed by atoms with E-state index >= 15 is 0 Å². The molecule has 0 unspecified atom stereocenters. The lowest BCUT2D eigenvalue weighted by Gasteiger charge is -1.98. The zero-order chi connectivity index (χ0) is 9.26. The quantitative estimate of drug-likeness (QED) is 0.680. The van der Waals surface area contributed by atoms with E-state index in [-0.39, 0.29) is 6.61 Å². The molecule has 0 radical (unpaired) electrons. The van der Waals surface area contributed by atoms with Crippen molar-refractivity contribution in [1.29, 1.82) is 0 Å². The second-order valence-corrected chi connectivity index (χ2v) is 3.02. The van der Waals surface area contributed by atoms with Gasteiger partial charge >= 0.3 is 0 Å². The van der Waals surface area contributed by atoms with E-state index in [0.29, 0.717) is 6.42 Å². The van der Waals surface area contributed by atoms with Crippen molar-refractivity contribution in [3.8, 4) is 0 Å². The Balaban J connectivity index is 2.38. The molecule has 1 aliphatic heterocycles. The topological polar surface area (TPSA) is 50.9 Å². The van der Waals surface area contributed by atoms with Crippen LogP contribution >= 0.6 is 0 Å². The minimum atomic E-state index is 0.0796. The first-order valence-electron chi connectivity index (χ1n) is 4.18. The molecular formula is C9H11N3O. The van der Waals surface area contributed by atoms with Gasteiger partial charge in [0.05, 0.1) is 6.61 Å². The first kappa shape index (κ1) is 8.19. The molecule has 0 bridgehead atoms. The predicted octanol–water partition coefficient (Wildman–Crippen LogP) is 0.532. The normalized spacial score (nSPS) is 15.1. The third kappa shape index (κ3) is 1.53. The van der Waals surface area contributed by atoms with Crippen LogP contribution in [0, 0.1) is 6.92 Å². The molecule has 4 nitrogen and oxygen atoms in total. The van der Waals surface area contributed by atoms with Crippen LogP contribution in [0.3, 0.4) is 0 Å². The molecule has 0 spiro atoms. The minimum Gasteiger partial charge on any atom is -0.392 e. The number of allylic oxidation sites excluding steroid dienone is 2. The van der Waals surface area contributed by atoms with Gasteiger partial charge in [0.1, 0.15) is 11.6 Å². The van der Waals surface area contributed by atoms with Gasteiger partial charge in [-0.05, 0) is 18.6 Å². The summed E-state index contributed by atoms with van der Waals surface area (Å²) in [5, 5.41) is 13.2. The van der Waals surface area contributed by atoms with Crippen molar-refractivity contribution in [2.45, 2.75) is 13.3 Å². The van der Waals surface area contributed by atoms with Gasteiger partial charge in [0, 0.05) is 12.6 Å². The molecule has 68 valence electrons. The van der Waals surface area contributed by atoms with E-state index in [9.17, 15) is 0 Å². The van der Waals surface area contributed by atoms with E-state index in [0.717, 1.165) is 17.2 Å². The van der Waals surface area contributed by atoms with Crippen LogP contribution in [0.15, 0.2) is 17.7 Å². The van der Waals surface area contributed by atoms with E-state index in [2.05, 4.69) is 10.1 Å². The monoisotopic (exact) mass is 177 g/mol. The maximum atomic E-state index is 8.99. The Morgan fingerprint density at radius 3 is 3.23 bits per heavy atom. The summed E-state index contributed by atoms with van der Waals surface area (Å²) in [5.41, 5.74) is 0.961. The summed E-state index contributed by atoms with van der Waals surface area (Å²) < 4.78 is 1.74. The van der Waals surface area contributed by atoms with Crippen molar-refractivity contribution in [3.63, 3.8) is 0 Å². The van der Waals surface area contributed by atoms with E-state index in [1.54, 1.807) is 4.68 Å². The van der Waals surface area contributed by atoms with Gasteiger partial charge in [-0.3, -0.25) is 0 Å². The average Bonchev–Trinajstić information content (AvgIpc) is 2.33. The third-order valence-corrected chi connectivity index (χ3v) is 1.96. The molecule has 0 fully saturated rings. The van der Waals surface area contributed by atoms with E-state index in [1.165, 1.54) is 0 Å². The van der Waals surface area contributed by atoms with Crippen LogP contribution in [0.25, 0.3) is 6.20 Å². The van der Waals surface area contributed by atoms with Crippen LogP contribution in [-0.2, 0) is 6.42 Å². The number of aliphatic hydroxyl groups is 1. The Kier molecular flexibility index (Phi) is 1.98. The van der Waals surface area contributed by atoms with Gasteiger partial charge in [-0.25, -0.2) is 9.67 Å². The molecule has 2 rings (SSSR count). The Labute approximate surface area is 76.2 Å². The molecule has 0 aromatic carbocycles. The highest BCUT2D eigenvalue weighted by atomic mass is 16.3. The van der Waals surface area contributed by atoms with Gasteiger partial charge in [0.25, 0.3) is 0 Å². The summed E-state index contributed by atoms with van der Waals surface area (Å²) in [6, 6.07) is 0. The summed E-state index contributed by atoms with van der Waals surface area (Å²) in [7, 11) is 0. The van der Waals surface area contributed by atoms with Crippen LogP contribution in [0.1, 0.15) is 11.6 Å². The Bertz CT molecular complexity index is 376. The van der Waals surface area contributed by atoms with Crippen molar-refractivity contribution in [2.24, 2.45) is 0 Å². The Hall–Kier alpha value is -1.42. The lowest BCUT2D eigenvalue weighted by molar-refractivity contribution is 0.328. The van der Waals surface area contributed by atoms with Crippen molar-refractivity contribution in [1.82, 2.24) is 14.8 Å². The van der Waals surface area contributed by atoms with E-state index < -0.39 is 0 Å². The van der Waals surface area contributed by atoms with Crippen LogP contribution in [-0.4, -0.2) is 26.5 Å². The number of nitrogens with zero attached hydrogens (tertiary/aromatic N) is 3. The first-order valence-corrected chi connectivity index (χ1v) is 4.18. The summed E-state index contributed by atoms with van der Waals surface area (Å²) >= 11 is 0. The smallest absolute Gasteiger partial charge is 0.148 e. The van der Waals surface area contributed by atoms with Gasteiger partial charge in [-0.15, -0.1) is 0 Å². The molecular weight excluding hydrogens is 166 g/mol. The minimum absolute atomic E-state index is 0.0796. The number of hydrogen-bond acceptors (Lipinski definition) is 3. The number of aromatic nitrogens is 3. The zero-order valence-electron chi connectivity index (χ0n) is 7.44. The highest BCUT2D eigenvalue weighted by Crippen LogP contribution is 2.10. The maximum Gasteiger partial charge on any atom is 0.148 e. The second kappa shape index (κ2) is 3.14. The number of hydrogen-bond donors (Lipinski definition) is 1. The number of aliphatic hydroxyl groups excluding tert-OH is 1. The number of rotatable bonds is 1. The van der Waals surface area contributed by atoms with E-state index in [4.69, 9.17) is 5.11 Å². The lowest BCUT2D eigenvalue weighted by atomic mass is 10.2. The second-order valence-electron chi connectivity index (χ2n) is 3.02. The van der Waals surface area contributed by atoms with Crippen LogP contribution < -0.4 is 0 Å². The summed E-state index contributed by atoms with van der Waals surface area (Å²) in [6.07, 6.45) is 6.28. The lowest BCUT2D eigenvalue weighted by Crippen LogP contribution is -2.00. The van der Waals surface area contributed by atoms with Crippen molar-refractivity contribution in [3.05, 3.63) is 29.4 Å². The highest BCUT2D eigenvalue weighted by Gasteiger charge is 2.09. The molecule has 13 heavy (non-hydrogen) atoms. The molecule has 1 aromatic heterocycles. The average molecular weight is 177 g/mol. The molecule has 1 aliphatic rings. The number of aryl methyl sites for hydroxylation is 1. The molecule has 2 heterocycles. The standard InChI is InChI=1S/C9H11N3O/c1-7-10-9-5-8(6-13)3-2-4-12(9)11-7/h2-4,13H,5-6H2,1H3. The molecule has 1 N–H and O–H groups in total. The fourth-order valence-electron chi connectivity index (χ4n) is 1.35. The van der Waals surface area contributed by atoms with Gasteiger partial charge in [-0.2, -0.15) is 5.10 Å². The largest absolute Gasteiger partial charge is 0.392 e. The summed E-state index contributed by atoms with van der Waals surface area (Å²) in [5.74, 6) is 1.64. The van der Waals surface area contributed by atoms with Gasteiger partial charge in [-0.1, -0.05) is 6.08 Å². The predicted molar refractivity (Wildman–Crippen MR) is 49.0 cm³/mol. The fraction of sp³-hybridized carbons (Fsp3) is 0.333. The summed E-state index contributed by atoms with van der Waals surface area (Å²) in [6.45, 7) is 1.94.